The van der Waals surface area contributed by atoms with Gasteiger partial charge >= 0.3 is 5.97 Å². The molecule has 37 heavy (non-hydrogen) atoms. The molecule has 0 saturated heterocycles. The number of anilines is 1. The van der Waals surface area contributed by atoms with Gasteiger partial charge in [-0.3, -0.25) is 14.6 Å². The molecule has 3 N–H and O–H groups in total. The Morgan fingerprint density at radius 3 is 2.05 bits per heavy atom. The van der Waals surface area contributed by atoms with Crippen LogP contribution in [0.15, 0.2) is 83.3 Å². The third-order valence-electron chi connectivity index (χ3n) is 5.52. The zero-order chi connectivity index (χ0) is 26.6. The number of benzene rings is 2. The van der Waals surface area contributed by atoms with Gasteiger partial charge in [0, 0.05) is 29.0 Å². The second-order valence-corrected chi connectivity index (χ2v) is 11.1. The van der Waals surface area contributed by atoms with Gasteiger partial charge in [-0.2, -0.15) is 4.72 Å². The van der Waals surface area contributed by atoms with Gasteiger partial charge < -0.3 is 10.4 Å². The van der Waals surface area contributed by atoms with E-state index in [1.54, 1.807) is 68.0 Å². The standard InChI is InChI=1S/C26H24N4O5S2/c1-16(2)23(26(32)33)30-37(34,35)21-9-5-18(6-10-21)17-3-7-20(8-4-17)28-24(31)22-15-36-25(29-22)19-11-13-27-14-12-19/h3-16,23,30H,1-2H3,(H,28,31)(H,32,33). The van der Waals surface area contributed by atoms with Crippen LogP contribution in [-0.4, -0.2) is 41.4 Å². The van der Waals surface area contributed by atoms with Crippen molar-refractivity contribution < 1.29 is 23.1 Å². The van der Waals surface area contributed by atoms with Crippen LogP contribution >= 0.6 is 11.3 Å². The van der Waals surface area contributed by atoms with E-state index in [1.165, 1.54) is 23.5 Å². The van der Waals surface area contributed by atoms with Gasteiger partial charge in [0.05, 0.1) is 4.90 Å². The van der Waals surface area contributed by atoms with E-state index in [2.05, 4.69) is 20.0 Å². The average Bonchev–Trinajstić information content (AvgIpc) is 3.39. The minimum absolute atomic E-state index is 0.0265. The van der Waals surface area contributed by atoms with Crippen LogP contribution in [0.2, 0.25) is 0 Å². The quantitative estimate of drug-likeness (QED) is 0.286. The number of aromatic nitrogens is 2. The molecule has 1 amide bonds. The van der Waals surface area contributed by atoms with Gasteiger partial charge in [0.1, 0.15) is 16.7 Å². The number of sulfonamides is 1. The highest BCUT2D eigenvalue weighted by atomic mass is 32.2. The summed E-state index contributed by atoms with van der Waals surface area (Å²) in [5.74, 6) is -1.97. The summed E-state index contributed by atoms with van der Waals surface area (Å²) < 4.78 is 27.5. The van der Waals surface area contributed by atoms with Gasteiger partial charge in [-0.15, -0.1) is 11.3 Å². The lowest BCUT2D eigenvalue weighted by atomic mass is 10.1. The number of carbonyl (C=O) groups excluding carboxylic acids is 1. The Morgan fingerprint density at radius 2 is 1.49 bits per heavy atom. The van der Waals surface area contributed by atoms with Crippen LogP contribution in [0.5, 0.6) is 0 Å². The first-order valence-corrected chi connectivity index (χ1v) is 13.6. The van der Waals surface area contributed by atoms with E-state index in [0.717, 1.165) is 21.7 Å². The molecular weight excluding hydrogens is 512 g/mol. The molecule has 0 saturated carbocycles. The monoisotopic (exact) mass is 536 g/mol. The van der Waals surface area contributed by atoms with Crippen molar-refractivity contribution in [2.24, 2.45) is 5.92 Å². The van der Waals surface area contributed by atoms with E-state index in [4.69, 9.17) is 0 Å². The minimum Gasteiger partial charge on any atom is -0.480 e. The zero-order valence-corrected chi connectivity index (χ0v) is 21.6. The number of hydrogen-bond acceptors (Lipinski definition) is 7. The molecular formula is C26H24N4O5S2. The second kappa shape index (κ2) is 11.0. The first-order valence-electron chi connectivity index (χ1n) is 11.3. The van der Waals surface area contributed by atoms with Crippen LogP contribution in [0.3, 0.4) is 0 Å². The van der Waals surface area contributed by atoms with Crippen LogP contribution < -0.4 is 10.0 Å². The first kappa shape index (κ1) is 26.1. The third kappa shape index (κ3) is 6.26. The summed E-state index contributed by atoms with van der Waals surface area (Å²) >= 11 is 1.37. The molecule has 2 heterocycles. The van der Waals surface area contributed by atoms with Gasteiger partial charge in [0.2, 0.25) is 10.0 Å². The van der Waals surface area contributed by atoms with E-state index < -0.39 is 28.0 Å². The topological polar surface area (TPSA) is 138 Å². The smallest absolute Gasteiger partial charge is 0.322 e. The van der Waals surface area contributed by atoms with E-state index in [1.807, 2.05) is 12.1 Å². The first-order chi connectivity index (χ1) is 17.6. The number of pyridine rings is 1. The minimum atomic E-state index is -4.00. The number of carbonyl (C=O) groups is 2. The lowest BCUT2D eigenvalue weighted by Gasteiger charge is -2.18. The summed E-state index contributed by atoms with van der Waals surface area (Å²) in [4.78, 5) is 32.3. The van der Waals surface area contributed by atoms with Crippen molar-refractivity contribution in [3.8, 4) is 21.7 Å². The Kier molecular flexibility index (Phi) is 7.77. The SMILES string of the molecule is CC(C)C(NS(=O)(=O)c1ccc(-c2ccc(NC(=O)c3csc(-c4ccncc4)n3)cc2)cc1)C(=O)O. The van der Waals surface area contributed by atoms with Gasteiger partial charge in [0.15, 0.2) is 0 Å². The lowest BCUT2D eigenvalue weighted by molar-refractivity contribution is -0.140. The van der Waals surface area contributed by atoms with Crippen LogP contribution in [0.1, 0.15) is 24.3 Å². The number of nitrogens with one attached hydrogen (secondary N) is 2. The fourth-order valence-electron chi connectivity index (χ4n) is 3.48. The molecule has 190 valence electrons. The number of carboxylic acid groups (broad SMARTS) is 1. The van der Waals surface area contributed by atoms with Crippen LogP contribution in [0.25, 0.3) is 21.7 Å². The molecule has 2 aromatic heterocycles. The van der Waals surface area contributed by atoms with Gasteiger partial charge in [-0.1, -0.05) is 38.1 Å². The largest absolute Gasteiger partial charge is 0.480 e. The van der Waals surface area contributed by atoms with E-state index in [0.29, 0.717) is 11.4 Å². The molecule has 0 radical (unpaired) electrons. The van der Waals surface area contributed by atoms with Crippen molar-refractivity contribution in [1.29, 1.82) is 0 Å². The molecule has 4 aromatic rings. The predicted octanol–water partition coefficient (Wildman–Crippen LogP) is 4.51. The lowest BCUT2D eigenvalue weighted by Crippen LogP contribution is -2.44. The molecule has 2 aromatic carbocycles. The maximum atomic E-state index is 12.6. The number of thiazole rings is 1. The normalized spacial score (nSPS) is 12.3. The Balaban J connectivity index is 1.42. The highest BCUT2D eigenvalue weighted by molar-refractivity contribution is 7.89. The Morgan fingerprint density at radius 1 is 0.892 bits per heavy atom. The molecule has 0 spiro atoms. The van der Waals surface area contributed by atoms with Crippen molar-refractivity contribution >= 4 is 38.9 Å². The highest BCUT2D eigenvalue weighted by Gasteiger charge is 2.28. The van der Waals surface area contributed by atoms with Crippen LogP contribution in [0, 0.1) is 5.92 Å². The molecule has 4 rings (SSSR count). The van der Waals surface area contributed by atoms with Crippen LogP contribution in [0.4, 0.5) is 5.69 Å². The number of rotatable bonds is 9. The van der Waals surface area contributed by atoms with Crippen molar-refractivity contribution in [1.82, 2.24) is 14.7 Å². The summed E-state index contributed by atoms with van der Waals surface area (Å²) in [5, 5.41) is 14.5. The Labute approximate surface area is 218 Å². The van der Waals surface area contributed by atoms with E-state index in [-0.39, 0.29) is 10.8 Å². The fourth-order valence-corrected chi connectivity index (χ4v) is 5.62. The molecule has 0 aliphatic carbocycles. The van der Waals surface area contributed by atoms with Gasteiger partial charge in [-0.05, 0) is 53.4 Å². The molecule has 0 aliphatic rings. The molecule has 0 aliphatic heterocycles. The molecule has 0 bridgehead atoms. The van der Waals surface area contributed by atoms with E-state index >= 15 is 0 Å². The molecule has 1 atom stereocenters. The number of hydrogen-bond donors (Lipinski definition) is 3. The van der Waals surface area contributed by atoms with Crippen LogP contribution in [-0.2, 0) is 14.8 Å². The van der Waals surface area contributed by atoms with Crippen molar-refractivity contribution in [3.05, 3.63) is 84.1 Å². The van der Waals surface area contributed by atoms with Gasteiger partial charge in [0.25, 0.3) is 5.91 Å². The summed E-state index contributed by atoms with van der Waals surface area (Å²) in [5.41, 5.74) is 3.36. The number of aliphatic carboxylic acids is 1. The molecule has 9 nitrogen and oxygen atoms in total. The summed E-state index contributed by atoms with van der Waals surface area (Å²) in [6, 6.07) is 15.7. The summed E-state index contributed by atoms with van der Waals surface area (Å²) in [6.07, 6.45) is 3.34. The van der Waals surface area contributed by atoms with Crippen molar-refractivity contribution in [2.45, 2.75) is 24.8 Å². The number of carboxylic acids is 1. The predicted molar refractivity (Wildman–Crippen MR) is 142 cm³/mol. The second-order valence-electron chi connectivity index (χ2n) is 8.51. The zero-order valence-electron chi connectivity index (χ0n) is 20.0. The van der Waals surface area contributed by atoms with Gasteiger partial charge in [-0.25, -0.2) is 13.4 Å². The Hall–Kier alpha value is -3.93. The molecule has 11 heteroatoms. The maximum absolute atomic E-state index is 12.6. The Bertz CT molecular complexity index is 1500. The van der Waals surface area contributed by atoms with E-state index in [9.17, 15) is 23.1 Å². The average molecular weight is 537 g/mol. The number of amides is 1. The van der Waals surface area contributed by atoms with Crippen molar-refractivity contribution in [2.75, 3.05) is 5.32 Å². The molecule has 1 unspecified atom stereocenters. The van der Waals surface area contributed by atoms with Crippen molar-refractivity contribution in [3.63, 3.8) is 0 Å². The highest BCUT2D eigenvalue weighted by Crippen LogP contribution is 2.25. The fraction of sp³-hybridized carbons (Fsp3) is 0.154. The third-order valence-corrected chi connectivity index (χ3v) is 7.87. The number of nitrogens with zero attached hydrogens (tertiary/aromatic N) is 2. The molecule has 0 fully saturated rings. The summed E-state index contributed by atoms with van der Waals surface area (Å²) in [6.45, 7) is 3.26. The maximum Gasteiger partial charge on any atom is 0.322 e. The summed E-state index contributed by atoms with van der Waals surface area (Å²) in [7, 11) is -4.00.